The minimum atomic E-state index is -0.499. The standard InChI is InChI=1S/C35H45ClFN7O/c1-4-7-31(41-15-6-14-40-22(3)38)27-13-12-26(16-21(27)2)44-20-25-19-32(42-34(25)43-35(44)45)28-17-23(18-29(36)33(28)37)8-5-9-30(39)24-10-11-24/h12-13,16-20,24,30-31,41H,4-11,14-15,39H2,1-3H3,(H2,38,40)(H,42,43,45). The highest BCUT2D eigenvalue weighted by atomic mass is 35.5. The van der Waals surface area contributed by atoms with E-state index in [0.29, 0.717) is 40.6 Å². The summed E-state index contributed by atoms with van der Waals surface area (Å²) in [6.07, 6.45) is 9.77. The molecule has 10 heteroatoms. The van der Waals surface area contributed by atoms with Gasteiger partial charge < -0.3 is 21.8 Å². The summed E-state index contributed by atoms with van der Waals surface area (Å²) < 4.78 is 16.8. The Hall–Kier alpha value is -3.53. The van der Waals surface area contributed by atoms with Crippen molar-refractivity contribution in [1.82, 2.24) is 19.9 Å². The zero-order valence-electron chi connectivity index (χ0n) is 26.5. The summed E-state index contributed by atoms with van der Waals surface area (Å²) in [5, 5.41) is 4.43. The van der Waals surface area contributed by atoms with E-state index in [-0.39, 0.29) is 17.1 Å². The van der Waals surface area contributed by atoms with E-state index in [2.05, 4.69) is 40.2 Å². The number of fused-ring (bicyclic) bond motifs is 1. The van der Waals surface area contributed by atoms with Crippen LogP contribution in [0.25, 0.3) is 28.0 Å². The Labute approximate surface area is 269 Å². The molecule has 2 unspecified atom stereocenters. The molecule has 1 saturated carbocycles. The average Bonchev–Trinajstić information content (AvgIpc) is 3.77. The second-order valence-electron chi connectivity index (χ2n) is 12.4. The third-order valence-electron chi connectivity index (χ3n) is 8.69. The molecule has 1 fully saturated rings. The lowest BCUT2D eigenvalue weighted by molar-refractivity contribution is 0.488. The molecule has 2 atom stereocenters. The number of aliphatic imine (C=N–C) groups is 1. The van der Waals surface area contributed by atoms with Crippen molar-refractivity contribution in [3.05, 3.63) is 80.6 Å². The second kappa shape index (κ2) is 14.7. The Morgan fingerprint density at radius 1 is 1.22 bits per heavy atom. The largest absolute Gasteiger partial charge is 0.388 e. The molecule has 2 aromatic carbocycles. The Morgan fingerprint density at radius 2 is 2.02 bits per heavy atom. The molecule has 0 radical (unpaired) electrons. The molecular weight excluding hydrogens is 589 g/mol. The number of H-pyrrole nitrogens is 1. The first kappa shape index (κ1) is 32.9. The zero-order valence-corrected chi connectivity index (χ0v) is 27.3. The van der Waals surface area contributed by atoms with Gasteiger partial charge in [0.15, 0.2) is 5.82 Å². The Morgan fingerprint density at radius 3 is 2.73 bits per heavy atom. The summed E-state index contributed by atoms with van der Waals surface area (Å²) in [6, 6.07) is 11.8. The smallest absolute Gasteiger partial charge is 0.354 e. The normalized spacial score (nSPS) is 15.1. The van der Waals surface area contributed by atoms with Gasteiger partial charge in [-0.3, -0.25) is 9.56 Å². The van der Waals surface area contributed by atoms with E-state index in [9.17, 15) is 4.79 Å². The topological polar surface area (TPSA) is 127 Å². The van der Waals surface area contributed by atoms with Gasteiger partial charge >= 0.3 is 5.69 Å². The maximum atomic E-state index is 15.3. The van der Waals surface area contributed by atoms with Crippen molar-refractivity contribution in [3.63, 3.8) is 0 Å². The van der Waals surface area contributed by atoms with Crippen LogP contribution in [0.15, 0.2) is 52.4 Å². The molecule has 0 saturated heterocycles. The lowest BCUT2D eigenvalue weighted by Crippen LogP contribution is -2.24. The third kappa shape index (κ3) is 8.20. The van der Waals surface area contributed by atoms with Crippen LogP contribution < -0.4 is 22.5 Å². The van der Waals surface area contributed by atoms with Crippen LogP contribution in [0.5, 0.6) is 0 Å². The van der Waals surface area contributed by atoms with E-state index in [4.69, 9.17) is 23.1 Å². The summed E-state index contributed by atoms with van der Waals surface area (Å²) >= 11 is 6.33. The number of nitrogens with zero attached hydrogens (tertiary/aromatic N) is 3. The van der Waals surface area contributed by atoms with Crippen molar-refractivity contribution in [2.24, 2.45) is 22.4 Å². The fraction of sp³-hybridized carbons (Fsp3) is 0.457. The van der Waals surface area contributed by atoms with Crippen molar-refractivity contribution >= 4 is 28.5 Å². The monoisotopic (exact) mass is 633 g/mol. The Bertz CT molecular complexity index is 1720. The van der Waals surface area contributed by atoms with Gasteiger partial charge in [-0.05, 0) is 118 Å². The summed E-state index contributed by atoms with van der Waals surface area (Å²) in [4.78, 5) is 24.9. The van der Waals surface area contributed by atoms with Crippen molar-refractivity contribution < 1.29 is 4.39 Å². The van der Waals surface area contributed by atoms with Gasteiger partial charge in [0.25, 0.3) is 0 Å². The molecule has 0 spiro atoms. The average molecular weight is 634 g/mol. The number of aromatic nitrogens is 3. The minimum absolute atomic E-state index is 0.0748. The molecule has 8 nitrogen and oxygen atoms in total. The number of nitrogens with two attached hydrogens (primary N) is 2. The van der Waals surface area contributed by atoms with E-state index in [1.807, 2.05) is 24.3 Å². The molecule has 0 bridgehead atoms. The molecule has 240 valence electrons. The quantitative estimate of drug-likeness (QED) is 0.0655. The number of halogens is 2. The van der Waals surface area contributed by atoms with Crippen molar-refractivity contribution in [3.8, 4) is 16.9 Å². The first-order chi connectivity index (χ1) is 21.6. The summed E-state index contributed by atoms with van der Waals surface area (Å²) in [5.41, 5.74) is 16.8. The van der Waals surface area contributed by atoms with Crippen LogP contribution >= 0.6 is 11.6 Å². The number of hydrogen-bond donors (Lipinski definition) is 4. The van der Waals surface area contributed by atoms with Gasteiger partial charge in [-0.1, -0.05) is 31.0 Å². The van der Waals surface area contributed by atoms with Gasteiger partial charge in [0.05, 0.1) is 22.2 Å². The molecule has 1 aliphatic rings. The number of hydrogen-bond acceptors (Lipinski definition) is 5. The van der Waals surface area contributed by atoms with E-state index in [0.717, 1.165) is 61.9 Å². The summed E-state index contributed by atoms with van der Waals surface area (Å²) in [7, 11) is 0. The number of nitrogens with one attached hydrogen (secondary N) is 2. The molecular formula is C35H45ClFN7O. The van der Waals surface area contributed by atoms with E-state index >= 15 is 4.39 Å². The van der Waals surface area contributed by atoms with Crippen LogP contribution in [0, 0.1) is 18.7 Å². The molecule has 0 amide bonds. The van der Waals surface area contributed by atoms with Gasteiger partial charge in [0.1, 0.15) is 5.65 Å². The molecule has 2 aromatic heterocycles. The predicted molar refractivity (Wildman–Crippen MR) is 183 cm³/mol. The predicted octanol–water partition coefficient (Wildman–Crippen LogP) is 6.74. The molecule has 5 rings (SSSR count). The number of rotatable bonds is 15. The van der Waals surface area contributed by atoms with Crippen molar-refractivity contribution in [2.45, 2.75) is 84.2 Å². The van der Waals surface area contributed by atoms with Crippen LogP contribution in [0.2, 0.25) is 5.02 Å². The van der Waals surface area contributed by atoms with Crippen LogP contribution in [0.1, 0.15) is 81.5 Å². The van der Waals surface area contributed by atoms with Crippen molar-refractivity contribution in [2.75, 3.05) is 13.1 Å². The number of amidine groups is 1. The van der Waals surface area contributed by atoms with Gasteiger partial charge in [0.2, 0.25) is 0 Å². The SMILES string of the molecule is CCCC(NCCCN=C(C)N)c1ccc(-n2cc3cc(-c4cc(CCCC(N)C5CC5)cc(Cl)c4F)[nH]c3nc2=O)cc1C. The molecule has 2 heterocycles. The molecule has 1 aliphatic carbocycles. The van der Waals surface area contributed by atoms with Crippen molar-refractivity contribution in [1.29, 1.82) is 0 Å². The number of aryl methyl sites for hydroxylation is 2. The van der Waals surface area contributed by atoms with Crippen LogP contribution in [-0.4, -0.2) is 39.5 Å². The van der Waals surface area contributed by atoms with E-state index in [1.54, 1.807) is 19.2 Å². The van der Waals surface area contributed by atoms with Gasteiger partial charge in [-0.25, -0.2) is 9.18 Å². The van der Waals surface area contributed by atoms with Crippen LogP contribution in [-0.2, 0) is 6.42 Å². The van der Waals surface area contributed by atoms with Crippen LogP contribution in [0.3, 0.4) is 0 Å². The number of aromatic amines is 1. The lowest BCUT2D eigenvalue weighted by Gasteiger charge is -2.21. The first-order valence-electron chi connectivity index (χ1n) is 16.1. The Kier molecular flexibility index (Phi) is 10.7. The maximum Gasteiger partial charge on any atom is 0.354 e. The highest BCUT2D eigenvalue weighted by Gasteiger charge is 2.27. The fourth-order valence-electron chi connectivity index (χ4n) is 6.08. The molecule has 6 N–H and O–H groups in total. The van der Waals surface area contributed by atoms with Crippen LogP contribution in [0.4, 0.5) is 4.39 Å². The fourth-order valence-corrected chi connectivity index (χ4v) is 6.32. The lowest BCUT2D eigenvalue weighted by atomic mass is 9.97. The molecule has 0 aliphatic heterocycles. The molecule has 45 heavy (non-hydrogen) atoms. The first-order valence-corrected chi connectivity index (χ1v) is 16.5. The molecule has 4 aromatic rings. The van der Waals surface area contributed by atoms with E-state index < -0.39 is 11.5 Å². The highest BCUT2D eigenvalue weighted by Crippen LogP contribution is 2.34. The Balaban J connectivity index is 1.36. The third-order valence-corrected chi connectivity index (χ3v) is 8.96. The van der Waals surface area contributed by atoms with Gasteiger partial charge in [-0.15, -0.1) is 0 Å². The highest BCUT2D eigenvalue weighted by molar-refractivity contribution is 6.31. The zero-order chi connectivity index (χ0) is 32.1. The van der Waals surface area contributed by atoms with Gasteiger partial charge in [-0.2, -0.15) is 4.98 Å². The maximum absolute atomic E-state index is 15.3. The van der Waals surface area contributed by atoms with E-state index in [1.165, 1.54) is 23.0 Å². The second-order valence-corrected chi connectivity index (χ2v) is 12.8. The summed E-state index contributed by atoms with van der Waals surface area (Å²) in [6.45, 7) is 7.58. The minimum Gasteiger partial charge on any atom is -0.388 e. The summed E-state index contributed by atoms with van der Waals surface area (Å²) in [5.74, 6) is 0.760. The number of benzene rings is 2. The van der Waals surface area contributed by atoms with Gasteiger partial charge in [0, 0.05) is 35.8 Å².